The molecule has 1 aromatic carbocycles. The van der Waals surface area contributed by atoms with Crippen LogP contribution in [0.2, 0.25) is 5.15 Å². The van der Waals surface area contributed by atoms with Gasteiger partial charge in [-0.25, -0.2) is 9.97 Å². The van der Waals surface area contributed by atoms with E-state index in [9.17, 15) is 0 Å². The Morgan fingerprint density at radius 2 is 1.95 bits per heavy atom. The van der Waals surface area contributed by atoms with Crippen molar-refractivity contribution < 1.29 is 0 Å². The smallest absolute Gasteiger partial charge is 0.148 e. The first-order valence-corrected chi connectivity index (χ1v) is 8.00. The van der Waals surface area contributed by atoms with Gasteiger partial charge in [-0.2, -0.15) is 0 Å². The molecule has 0 N–H and O–H groups in total. The van der Waals surface area contributed by atoms with Crippen LogP contribution in [0.1, 0.15) is 11.6 Å². The Kier molecular flexibility index (Phi) is 4.42. The van der Waals surface area contributed by atoms with Crippen LogP contribution in [0.25, 0.3) is 0 Å². The number of likely N-dealkylation sites (N-methyl/N-ethyl adjacent to an activating group) is 1. The standard InChI is InChI=1S/C15H16BrClN4/c1-20-7-8-21(15-13(16)14(17)18-10-19-15)12(9-20)11-5-3-2-4-6-11/h2-6,10,12H,7-9H2,1H3. The quantitative estimate of drug-likeness (QED) is 0.762. The molecule has 2 heterocycles. The van der Waals surface area contributed by atoms with Crippen LogP contribution in [0.4, 0.5) is 5.82 Å². The zero-order chi connectivity index (χ0) is 14.8. The summed E-state index contributed by atoms with van der Waals surface area (Å²) in [6.45, 7) is 2.86. The highest BCUT2D eigenvalue weighted by molar-refractivity contribution is 9.10. The van der Waals surface area contributed by atoms with Gasteiger partial charge in [-0.05, 0) is 28.5 Å². The molecule has 0 spiro atoms. The summed E-state index contributed by atoms with van der Waals surface area (Å²) in [6, 6.07) is 10.8. The van der Waals surface area contributed by atoms with Crippen molar-refractivity contribution in [2.45, 2.75) is 6.04 Å². The highest BCUT2D eigenvalue weighted by Gasteiger charge is 2.29. The first-order chi connectivity index (χ1) is 10.2. The molecule has 110 valence electrons. The van der Waals surface area contributed by atoms with Gasteiger partial charge in [0.2, 0.25) is 0 Å². The molecule has 0 bridgehead atoms. The first kappa shape index (κ1) is 14.8. The van der Waals surface area contributed by atoms with Crippen molar-refractivity contribution in [1.82, 2.24) is 14.9 Å². The van der Waals surface area contributed by atoms with Crippen LogP contribution < -0.4 is 4.90 Å². The van der Waals surface area contributed by atoms with Crippen LogP contribution in [0.5, 0.6) is 0 Å². The fourth-order valence-electron chi connectivity index (χ4n) is 2.67. The zero-order valence-corrected chi connectivity index (χ0v) is 14.0. The first-order valence-electron chi connectivity index (χ1n) is 6.83. The molecule has 1 aliphatic heterocycles. The van der Waals surface area contributed by atoms with E-state index in [1.807, 2.05) is 6.07 Å². The molecule has 1 atom stereocenters. The predicted octanol–water partition coefficient (Wildman–Crippen LogP) is 3.39. The van der Waals surface area contributed by atoms with Crippen molar-refractivity contribution in [3.63, 3.8) is 0 Å². The number of rotatable bonds is 2. The summed E-state index contributed by atoms with van der Waals surface area (Å²) in [5.41, 5.74) is 1.28. The van der Waals surface area contributed by atoms with E-state index >= 15 is 0 Å². The van der Waals surface area contributed by atoms with Crippen molar-refractivity contribution in [2.75, 3.05) is 31.6 Å². The van der Waals surface area contributed by atoms with Gasteiger partial charge in [-0.15, -0.1) is 0 Å². The maximum atomic E-state index is 6.12. The molecule has 0 radical (unpaired) electrons. The maximum absolute atomic E-state index is 6.12. The third-order valence-corrected chi connectivity index (χ3v) is 5.01. The van der Waals surface area contributed by atoms with E-state index in [4.69, 9.17) is 11.6 Å². The Bertz CT molecular complexity index is 622. The number of halogens is 2. The number of piperazine rings is 1. The minimum atomic E-state index is 0.257. The van der Waals surface area contributed by atoms with Gasteiger partial charge >= 0.3 is 0 Å². The molecule has 1 fully saturated rings. The van der Waals surface area contributed by atoms with Crippen molar-refractivity contribution in [1.29, 1.82) is 0 Å². The lowest BCUT2D eigenvalue weighted by atomic mass is 10.0. The lowest BCUT2D eigenvalue weighted by molar-refractivity contribution is 0.268. The number of nitrogens with zero attached hydrogens (tertiary/aromatic N) is 4. The molecule has 1 aromatic heterocycles. The Labute approximate surface area is 137 Å². The fourth-order valence-corrected chi connectivity index (χ4v) is 3.23. The summed E-state index contributed by atoms with van der Waals surface area (Å²) in [4.78, 5) is 13.1. The summed E-state index contributed by atoms with van der Waals surface area (Å²) in [7, 11) is 2.15. The minimum absolute atomic E-state index is 0.257. The molecule has 3 rings (SSSR count). The number of hydrogen-bond donors (Lipinski definition) is 0. The molecular weight excluding hydrogens is 352 g/mol. The summed E-state index contributed by atoms with van der Waals surface area (Å²) < 4.78 is 0.761. The molecule has 0 amide bonds. The second kappa shape index (κ2) is 6.30. The summed E-state index contributed by atoms with van der Waals surface area (Å²) in [5, 5.41) is 0.450. The predicted molar refractivity (Wildman–Crippen MR) is 88.8 cm³/mol. The summed E-state index contributed by atoms with van der Waals surface area (Å²) in [6.07, 6.45) is 1.52. The highest BCUT2D eigenvalue weighted by Crippen LogP contribution is 2.35. The van der Waals surface area contributed by atoms with E-state index in [0.29, 0.717) is 5.15 Å². The van der Waals surface area contributed by atoms with Gasteiger partial charge in [0.25, 0.3) is 0 Å². The van der Waals surface area contributed by atoms with E-state index in [0.717, 1.165) is 29.9 Å². The third kappa shape index (κ3) is 3.05. The van der Waals surface area contributed by atoms with Crippen molar-refractivity contribution in [2.24, 2.45) is 0 Å². The Hall–Kier alpha value is -1.17. The second-order valence-electron chi connectivity index (χ2n) is 5.18. The average Bonchev–Trinajstić information content (AvgIpc) is 2.51. The van der Waals surface area contributed by atoms with Gasteiger partial charge in [-0.3, -0.25) is 0 Å². The van der Waals surface area contributed by atoms with E-state index < -0.39 is 0 Å². The summed E-state index contributed by atoms with van der Waals surface area (Å²) in [5.74, 6) is 0.858. The number of hydrogen-bond acceptors (Lipinski definition) is 4. The van der Waals surface area contributed by atoms with Gasteiger partial charge in [0.05, 0.1) is 10.5 Å². The highest BCUT2D eigenvalue weighted by atomic mass is 79.9. The normalized spacial score (nSPS) is 19.8. The van der Waals surface area contributed by atoms with Crippen LogP contribution >= 0.6 is 27.5 Å². The molecule has 1 saturated heterocycles. The van der Waals surface area contributed by atoms with Crippen molar-refractivity contribution in [3.05, 3.63) is 51.8 Å². The molecular formula is C15H16BrClN4. The maximum Gasteiger partial charge on any atom is 0.148 e. The van der Waals surface area contributed by atoms with Gasteiger partial charge in [0.1, 0.15) is 17.3 Å². The lowest BCUT2D eigenvalue weighted by Gasteiger charge is -2.41. The topological polar surface area (TPSA) is 32.3 Å². The van der Waals surface area contributed by atoms with E-state index in [1.54, 1.807) is 0 Å². The Morgan fingerprint density at radius 1 is 1.19 bits per heavy atom. The SMILES string of the molecule is CN1CCN(c2ncnc(Cl)c2Br)C(c2ccccc2)C1. The fraction of sp³-hybridized carbons (Fsp3) is 0.333. The van der Waals surface area contributed by atoms with Gasteiger partial charge in [0.15, 0.2) is 0 Å². The van der Waals surface area contributed by atoms with Gasteiger partial charge in [-0.1, -0.05) is 41.9 Å². The van der Waals surface area contributed by atoms with Crippen molar-refractivity contribution >= 4 is 33.3 Å². The second-order valence-corrected chi connectivity index (χ2v) is 6.34. The van der Waals surface area contributed by atoms with Crippen LogP contribution in [-0.4, -0.2) is 41.5 Å². The van der Waals surface area contributed by atoms with Crippen LogP contribution in [-0.2, 0) is 0 Å². The Balaban J connectivity index is 2.00. The molecule has 1 aliphatic rings. The Morgan fingerprint density at radius 3 is 2.71 bits per heavy atom. The molecule has 0 aliphatic carbocycles. The van der Waals surface area contributed by atoms with Gasteiger partial charge in [0, 0.05) is 19.6 Å². The molecule has 21 heavy (non-hydrogen) atoms. The monoisotopic (exact) mass is 366 g/mol. The minimum Gasteiger partial charge on any atom is -0.346 e. The zero-order valence-electron chi connectivity index (χ0n) is 11.7. The van der Waals surface area contributed by atoms with Gasteiger partial charge < -0.3 is 9.80 Å². The number of aromatic nitrogens is 2. The van der Waals surface area contributed by atoms with Crippen LogP contribution in [0, 0.1) is 0 Å². The van der Waals surface area contributed by atoms with Crippen LogP contribution in [0.15, 0.2) is 41.1 Å². The third-order valence-electron chi connectivity index (χ3n) is 3.77. The van der Waals surface area contributed by atoms with Crippen LogP contribution in [0.3, 0.4) is 0 Å². The van der Waals surface area contributed by atoms with E-state index in [-0.39, 0.29) is 6.04 Å². The average molecular weight is 368 g/mol. The van der Waals surface area contributed by atoms with E-state index in [2.05, 4.69) is 67.0 Å². The largest absolute Gasteiger partial charge is 0.346 e. The van der Waals surface area contributed by atoms with E-state index in [1.165, 1.54) is 11.9 Å². The molecule has 4 nitrogen and oxygen atoms in total. The lowest BCUT2D eigenvalue weighted by Crippen LogP contribution is -2.47. The molecule has 6 heteroatoms. The number of benzene rings is 1. The molecule has 1 unspecified atom stereocenters. The summed E-state index contributed by atoms with van der Waals surface area (Å²) >= 11 is 9.64. The van der Waals surface area contributed by atoms with Crippen molar-refractivity contribution in [3.8, 4) is 0 Å². The molecule has 2 aromatic rings. The molecule has 0 saturated carbocycles. The number of anilines is 1.